The maximum absolute atomic E-state index is 13.6. The number of aliphatic hydroxyl groups excluding tert-OH is 1. The van der Waals surface area contributed by atoms with Crippen molar-refractivity contribution < 1.29 is 14.2 Å². The number of aliphatic hydroxyl groups is 1. The minimum Gasteiger partial charge on any atom is -0.495 e. The number of methoxy groups -OCH3 is 1. The zero-order chi connectivity index (χ0) is 23.3. The van der Waals surface area contributed by atoms with Gasteiger partial charge in [0.1, 0.15) is 11.4 Å². The summed E-state index contributed by atoms with van der Waals surface area (Å²) in [5.41, 5.74) is 4.68. The van der Waals surface area contributed by atoms with Crippen LogP contribution in [0.15, 0.2) is 53.6 Å². The summed E-state index contributed by atoms with van der Waals surface area (Å²) in [5.74, 6) is -0.123. The lowest BCUT2D eigenvalue weighted by Gasteiger charge is -2.11. The van der Waals surface area contributed by atoms with Crippen molar-refractivity contribution in [1.29, 1.82) is 0 Å². The van der Waals surface area contributed by atoms with Crippen LogP contribution >= 0.6 is 0 Å². The Bertz CT molecular complexity index is 1610. The standard InChI is InChI=1S/C24H20FN5O3/c1-13-19(6-7-22(25)28-13)30-23-16-8-14(15-9-21(33-3)18(12-31)26-10-15)4-5-17(16)27-11-20(23)29(2)24(30)32/h4-11,31H,12H2,1-3H3. The van der Waals surface area contributed by atoms with Crippen LogP contribution in [-0.2, 0) is 13.7 Å². The van der Waals surface area contributed by atoms with Gasteiger partial charge in [-0.1, -0.05) is 6.07 Å². The third-order valence-corrected chi connectivity index (χ3v) is 5.78. The molecule has 0 spiro atoms. The molecule has 0 aliphatic carbocycles. The molecular formula is C24H20FN5O3. The molecule has 5 aromatic rings. The summed E-state index contributed by atoms with van der Waals surface area (Å²) in [7, 11) is 3.20. The quantitative estimate of drug-likeness (QED) is 0.427. The van der Waals surface area contributed by atoms with Gasteiger partial charge in [-0.2, -0.15) is 4.39 Å². The maximum atomic E-state index is 13.6. The Morgan fingerprint density at radius 3 is 2.64 bits per heavy atom. The molecule has 1 aromatic carbocycles. The zero-order valence-corrected chi connectivity index (χ0v) is 18.2. The minimum atomic E-state index is -0.605. The van der Waals surface area contributed by atoms with Crippen molar-refractivity contribution in [3.8, 4) is 22.6 Å². The maximum Gasteiger partial charge on any atom is 0.333 e. The van der Waals surface area contributed by atoms with Crippen molar-refractivity contribution in [2.75, 3.05) is 7.11 Å². The van der Waals surface area contributed by atoms with Crippen LogP contribution < -0.4 is 10.4 Å². The Hall–Kier alpha value is -4.11. The van der Waals surface area contributed by atoms with Gasteiger partial charge in [0.05, 0.1) is 47.8 Å². The molecule has 4 aromatic heterocycles. The van der Waals surface area contributed by atoms with E-state index in [1.54, 1.807) is 43.1 Å². The molecule has 0 aliphatic rings. The summed E-state index contributed by atoms with van der Waals surface area (Å²) in [4.78, 5) is 25.9. The van der Waals surface area contributed by atoms with Crippen molar-refractivity contribution in [3.05, 3.63) is 76.6 Å². The van der Waals surface area contributed by atoms with Crippen LogP contribution in [-0.4, -0.2) is 36.3 Å². The van der Waals surface area contributed by atoms with E-state index < -0.39 is 5.95 Å². The van der Waals surface area contributed by atoms with Gasteiger partial charge in [0, 0.05) is 24.2 Å². The summed E-state index contributed by atoms with van der Waals surface area (Å²) in [5, 5.41) is 10.2. The van der Waals surface area contributed by atoms with Crippen molar-refractivity contribution in [3.63, 3.8) is 0 Å². The average Bonchev–Trinajstić information content (AvgIpc) is 3.08. The Balaban J connectivity index is 1.83. The molecule has 0 unspecified atom stereocenters. The predicted molar refractivity (Wildman–Crippen MR) is 122 cm³/mol. The number of fused-ring (bicyclic) bond motifs is 3. The Morgan fingerprint density at radius 2 is 1.91 bits per heavy atom. The topological polar surface area (TPSA) is 95.1 Å². The van der Waals surface area contributed by atoms with E-state index in [-0.39, 0.29) is 12.3 Å². The molecule has 0 saturated carbocycles. The highest BCUT2D eigenvalue weighted by Gasteiger charge is 2.19. The van der Waals surface area contributed by atoms with Crippen LogP contribution in [0.1, 0.15) is 11.4 Å². The fourth-order valence-corrected chi connectivity index (χ4v) is 4.09. The van der Waals surface area contributed by atoms with Crippen molar-refractivity contribution in [1.82, 2.24) is 24.1 Å². The first kappa shape index (κ1) is 20.8. The molecular weight excluding hydrogens is 425 g/mol. The monoisotopic (exact) mass is 445 g/mol. The van der Waals surface area contributed by atoms with E-state index in [4.69, 9.17) is 4.74 Å². The summed E-state index contributed by atoms with van der Waals surface area (Å²) >= 11 is 0. The van der Waals surface area contributed by atoms with Crippen LogP contribution in [0.4, 0.5) is 4.39 Å². The number of halogens is 1. The van der Waals surface area contributed by atoms with Gasteiger partial charge in [0.25, 0.3) is 0 Å². The molecule has 33 heavy (non-hydrogen) atoms. The number of rotatable bonds is 4. The highest BCUT2D eigenvalue weighted by atomic mass is 19.1. The summed E-state index contributed by atoms with van der Waals surface area (Å²) in [6.45, 7) is 1.44. The van der Waals surface area contributed by atoms with Crippen LogP contribution in [0.3, 0.4) is 0 Å². The van der Waals surface area contributed by atoms with Gasteiger partial charge in [-0.25, -0.2) is 9.78 Å². The van der Waals surface area contributed by atoms with Crippen LogP contribution in [0.2, 0.25) is 0 Å². The first-order valence-electron chi connectivity index (χ1n) is 10.2. The molecule has 0 saturated heterocycles. The first-order chi connectivity index (χ1) is 15.9. The van der Waals surface area contributed by atoms with Crippen LogP contribution in [0, 0.1) is 12.9 Å². The lowest BCUT2D eigenvalue weighted by atomic mass is 10.0. The number of benzene rings is 1. The summed E-state index contributed by atoms with van der Waals surface area (Å²) in [6, 6.07) is 10.3. The number of ether oxygens (including phenoxy) is 1. The Labute approximate surface area is 187 Å². The molecule has 5 rings (SSSR count). The molecule has 0 aliphatic heterocycles. The number of nitrogens with zero attached hydrogens (tertiary/aromatic N) is 5. The van der Waals surface area contributed by atoms with E-state index in [0.29, 0.717) is 39.4 Å². The molecule has 1 N–H and O–H groups in total. The van der Waals surface area contributed by atoms with Gasteiger partial charge in [-0.05, 0) is 42.8 Å². The molecule has 0 fully saturated rings. The second kappa shape index (κ2) is 7.79. The summed E-state index contributed by atoms with van der Waals surface area (Å²) < 4.78 is 22.1. The minimum absolute atomic E-state index is 0.229. The smallest absolute Gasteiger partial charge is 0.333 e. The van der Waals surface area contributed by atoms with E-state index in [2.05, 4.69) is 15.0 Å². The number of hydrogen-bond donors (Lipinski definition) is 1. The fourth-order valence-electron chi connectivity index (χ4n) is 4.09. The molecule has 0 atom stereocenters. The summed E-state index contributed by atoms with van der Waals surface area (Å²) in [6.07, 6.45) is 3.32. The number of aryl methyl sites for hydroxylation is 2. The van der Waals surface area contributed by atoms with Crippen LogP contribution in [0.5, 0.6) is 5.75 Å². The number of pyridine rings is 3. The van der Waals surface area contributed by atoms with Gasteiger partial charge in [0.2, 0.25) is 5.95 Å². The van der Waals surface area contributed by atoms with Gasteiger partial charge in [0.15, 0.2) is 0 Å². The lowest BCUT2D eigenvalue weighted by Crippen LogP contribution is -2.21. The zero-order valence-electron chi connectivity index (χ0n) is 18.2. The third-order valence-electron chi connectivity index (χ3n) is 5.78. The Kier molecular flexibility index (Phi) is 4.90. The fraction of sp³-hybridized carbons (Fsp3) is 0.167. The van der Waals surface area contributed by atoms with Crippen molar-refractivity contribution in [2.45, 2.75) is 13.5 Å². The highest BCUT2D eigenvalue weighted by Crippen LogP contribution is 2.31. The number of aromatic nitrogens is 5. The second-order valence-electron chi connectivity index (χ2n) is 7.67. The molecule has 0 bridgehead atoms. The largest absolute Gasteiger partial charge is 0.495 e. The van der Waals surface area contributed by atoms with E-state index in [9.17, 15) is 14.3 Å². The predicted octanol–water partition coefficient (Wildman–Crippen LogP) is 3.28. The van der Waals surface area contributed by atoms with Crippen molar-refractivity contribution >= 4 is 21.9 Å². The number of imidazole rings is 1. The van der Waals surface area contributed by atoms with Crippen molar-refractivity contribution in [2.24, 2.45) is 7.05 Å². The second-order valence-corrected chi connectivity index (χ2v) is 7.67. The molecule has 9 heteroatoms. The van der Waals surface area contributed by atoms with E-state index >= 15 is 0 Å². The van der Waals surface area contributed by atoms with Gasteiger partial charge < -0.3 is 9.84 Å². The molecule has 4 heterocycles. The first-order valence-corrected chi connectivity index (χ1v) is 10.2. The highest BCUT2D eigenvalue weighted by molar-refractivity contribution is 6.04. The van der Waals surface area contributed by atoms with E-state index in [1.165, 1.54) is 17.7 Å². The SMILES string of the molecule is COc1cc(-c2ccc3ncc4c(c3c2)n(-c2ccc(F)nc2C)c(=O)n4C)cnc1CO. The van der Waals surface area contributed by atoms with Gasteiger partial charge >= 0.3 is 5.69 Å². The molecule has 0 radical (unpaired) electrons. The third kappa shape index (κ3) is 3.25. The van der Waals surface area contributed by atoms with Gasteiger partial charge in [-0.3, -0.25) is 19.1 Å². The molecule has 0 amide bonds. The number of hydrogen-bond acceptors (Lipinski definition) is 6. The Morgan fingerprint density at radius 1 is 1.09 bits per heavy atom. The normalized spacial score (nSPS) is 11.4. The molecule has 8 nitrogen and oxygen atoms in total. The van der Waals surface area contributed by atoms with Gasteiger partial charge in [-0.15, -0.1) is 0 Å². The average molecular weight is 445 g/mol. The lowest BCUT2D eigenvalue weighted by molar-refractivity contribution is 0.268. The molecule has 166 valence electrons. The van der Waals surface area contributed by atoms with E-state index in [0.717, 1.165) is 16.5 Å². The van der Waals surface area contributed by atoms with E-state index in [1.807, 2.05) is 18.2 Å². The van der Waals surface area contributed by atoms with Crippen LogP contribution in [0.25, 0.3) is 38.8 Å².